The number of hydrogen-bond acceptors (Lipinski definition) is 5. The summed E-state index contributed by atoms with van der Waals surface area (Å²) in [4.78, 5) is 26.3. The van der Waals surface area contributed by atoms with Gasteiger partial charge in [-0.1, -0.05) is 24.3 Å². The van der Waals surface area contributed by atoms with Gasteiger partial charge in [0, 0.05) is 44.6 Å². The highest BCUT2D eigenvalue weighted by Crippen LogP contribution is 2.26. The van der Waals surface area contributed by atoms with E-state index in [2.05, 4.69) is 44.2 Å². The third kappa shape index (κ3) is 3.60. The van der Waals surface area contributed by atoms with Crippen molar-refractivity contribution < 1.29 is 4.79 Å². The van der Waals surface area contributed by atoms with Crippen molar-refractivity contribution in [2.24, 2.45) is 5.92 Å². The van der Waals surface area contributed by atoms with Gasteiger partial charge in [0.2, 0.25) is 5.91 Å². The monoisotopic (exact) mass is 388 g/mol. The van der Waals surface area contributed by atoms with Crippen LogP contribution in [-0.4, -0.2) is 50.2 Å². The third-order valence-corrected chi connectivity index (χ3v) is 5.91. The molecule has 1 amide bonds. The molecule has 1 unspecified atom stereocenters. The molecular formula is C22H24N6O. The van der Waals surface area contributed by atoms with Gasteiger partial charge < -0.3 is 9.80 Å². The molecule has 1 saturated heterocycles. The van der Waals surface area contributed by atoms with E-state index < -0.39 is 0 Å². The topological polar surface area (TPSA) is 67.2 Å². The number of carbonyl (C=O) groups is 1. The predicted octanol–water partition coefficient (Wildman–Crippen LogP) is 2.46. The first-order chi connectivity index (χ1) is 14.3. The normalized spacial score (nSPS) is 19.1. The van der Waals surface area contributed by atoms with Gasteiger partial charge in [-0.15, -0.1) is 0 Å². The summed E-state index contributed by atoms with van der Waals surface area (Å²) in [6, 6.07) is 12.3. The fourth-order valence-electron chi connectivity index (χ4n) is 4.37. The maximum absolute atomic E-state index is 13.2. The second-order valence-corrected chi connectivity index (χ2v) is 7.75. The van der Waals surface area contributed by atoms with Gasteiger partial charge in [-0.2, -0.15) is 5.10 Å². The van der Waals surface area contributed by atoms with Gasteiger partial charge in [0.1, 0.15) is 12.1 Å². The molecule has 4 heterocycles. The number of piperidine rings is 1. The smallest absolute Gasteiger partial charge is 0.227 e. The molecule has 0 N–H and O–H groups in total. The van der Waals surface area contributed by atoms with E-state index in [0.717, 1.165) is 50.5 Å². The number of anilines is 1. The van der Waals surface area contributed by atoms with Crippen LogP contribution in [0.5, 0.6) is 0 Å². The molecule has 148 valence electrons. The van der Waals surface area contributed by atoms with Crippen LogP contribution < -0.4 is 4.90 Å². The van der Waals surface area contributed by atoms with Crippen LogP contribution >= 0.6 is 0 Å². The Hall–Kier alpha value is -3.22. The molecule has 1 fully saturated rings. The average Bonchev–Trinajstić information content (AvgIpc) is 3.33. The Bertz CT molecular complexity index is 1000. The van der Waals surface area contributed by atoms with Crippen LogP contribution in [0.1, 0.15) is 24.0 Å². The minimum absolute atomic E-state index is 0.0112. The summed E-state index contributed by atoms with van der Waals surface area (Å²) in [7, 11) is 0. The third-order valence-electron chi connectivity index (χ3n) is 5.91. The Morgan fingerprint density at radius 3 is 2.76 bits per heavy atom. The highest BCUT2D eigenvalue weighted by atomic mass is 16.2. The first-order valence-corrected chi connectivity index (χ1v) is 10.2. The Balaban J connectivity index is 1.30. The molecule has 0 bridgehead atoms. The van der Waals surface area contributed by atoms with Crippen molar-refractivity contribution in [3.63, 3.8) is 0 Å². The first kappa shape index (κ1) is 17.8. The largest absolute Gasteiger partial charge is 0.356 e. The van der Waals surface area contributed by atoms with E-state index in [-0.39, 0.29) is 11.8 Å². The van der Waals surface area contributed by atoms with Gasteiger partial charge >= 0.3 is 0 Å². The summed E-state index contributed by atoms with van der Waals surface area (Å²) in [5, 5.41) is 4.24. The van der Waals surface area contributed by atoms with Crippen molar-refractivity contribution in [1.29, 1.82) is 0 Å². The lowest BCUT2D eigenvalue weighted by Gasteiger charge is -2.37. The molecule has 1 atom stereocenters. The number of rotatable bonds is 3. The Kier molecular flexibility index (Phi) is 4.71. The first-order valence-electron chi connectivity index (χ1n) is 10.2. The summed E-state index contributed by atoms with van der Waals surface area (Å²) in [5.74, 6) is 1.87. The average molecular weight is 388 g/mol. The summed E-state index contributed by atoms with van der Waals surface area (Å²) in [6.07, 6.45) is 8.03. The minimum atomic E-state index is 0.0112. The second kappa shape index (κ2) is 7.66. The quantitative estimate of drug-likeness (QED) is 0.690. The molecule has 7 heteroatoms. The lowest BCUT2D eigenvalue weighted by Crippen LogP contribution is -2.46. The second-order valence-electron chi connectivity index (χ2n) is 7.75. The Morgan fingerprint density at radius 2 is 1.90 bits per heavy atom. The van der Waals surface area contributed by atoms with Gasteiger partial charge in [0.15, 0.2) is 5.82 Å². The summed E-state index contributed by atoms with van der Waals surface area (Å²) < 4.78 is 1.73. The minimum Gasteiger partial charge on any atom is -0.356 e. The van der Waals surface area contributed by atoms with Gasteiger partial charge in [-0.3, -0.25) is 4.79 Å². The van der Waals surface area contributed by atoms with E-state index in [1.807, 2.05) is 23.2 Å². The molecule has 0 spiro atoms. The van der Waals surface area contributed by atoms with Crippen LogP contribution in [0.25, 0.3) is 5.82 Å². The zero-order valence-corrected chi connectivity index (χ0v) is 16.3. The molecule has 2 aromatic heterocycles. The van der Waals surface area contributed by atoms with Crippen molar-refractivity contribution in [2.45, 2.75) is 25.8 Å². The zero-order chi connectivity index (χ0) is 19.6. The molecule has 0 saturated carbocycles. The van der Waals surface area contributed by atoms with E-state index in [9.17, 15) is 4.79 Å². The van der Waals surface area contributed by atoms with Crippen LogP contribution in [-0.2, 0) is 17.8 Å². The maximum atomic E-state index is 13.2. The fraction of sp³-hybridized carbons (Fsp3) is 0.364. The Morgan fingerprint density at radius 1 is 1.03 bits per heavy atom. The number of amides is 1. The standard InChI is InChI=1S/C22H24N6O/c29-22(27-12-8-17-5-1-2-6-18(17)14-27)19-7-3-10-26(15-19)20-13-21(24-16-23-20)28-11-4-9-25-28/h1-2,4-6,9,11,13,16,19H,3,7-8,10,12,14-15H2. The molecule has 3 aromatic rings. The van der Waals surface area contributed by atoms with Crippen molar-refractivity contribution in [2.75, 3.05) is 24.5 Å². The lowest BCUT2D eigenvalue weighted by molar-refractivity contribution is -0.136. The molecular weight excluding hydrogens is 364 g/mol. The van der Waals surface area contributed by atoms with E-state index in [4.69, 9.17) is 0 Å². The van der Waals surface area contributed by atoms with Crippen molar-refractivity contribution in [3.8, 4) is 5.82 Å². The molecule has 0 radical (unpaired) electrons. The van der Waals surface area contributed by atoms with Crippen LogP contribution in [0, 0.1) is 5.92 Å². The zero-order valence-electron chi connectivity index (χ0n) is 16.3. The fourth-order valence-corrected chi connectivity index (χ4v) is 4.37. The van der Waals surface area contributed by atoms with E-state index in [0.29, 0.717) is 6.54 Å². The summed E-state index contributed by atoms with van der Waals surface area (Å²) in [5.41, 5.74) is 2.65. The molecule has 5 rings (SSSR count). The number of fused-ring (bicyclic) bond motifs is 1. The van der Waals surface area contributed by atoms with Crippen LogP contribution in [0.3, 0.4) is 0 Å². The van der Waals surface area contributed by atoms with Gasteiger partial charge in [0.05, 0.1) is 5.92 Å². The molecule has 7 nitrogen and oxygen atoms in total. The SMILES string of the molecule is O=C(C1CCCN(c2cc(-n3cccn3)ncn2)C1)N1CCc2ccccc2C1. The van der Waals surface area contributed by atoms with E-state index in [1.54, 1.807) is 17.2 Å². The van der Waals surface area contributed by atoms with Gasteiger partial charge in [0.25, 0.3) is 0 Å². The molecule has 29 heavy (non-hydrogen) atoms. The van der Waals surface area contributed by atoms with Crippen molar-refractivity contribution >= 4 is 11.7 Å². The molecule has 1 aromatic carbocycles. The summed E-state index contributed by atoms with van der Waals surface area (Å²) >= 11 is 0. The van der Waals surface area contributed by atoms with E-state index >= 15 is 0 Å². The Labute approximate surface area is 170 Å². The predicted molar refractivity (Wildman–Crippen MR) is 110 cm³/mol. The number of benzene rings is 1. The molecule has 2 aliphatic heterocycles. The van der Waals surface area contributed by atoms with Crippen molar-refractivity contribution in [1.82, 2.24) is 24.6 Å². The van der Waals surface area contributed by atoms with Crippen molar-refractivity contribution in [3.05, 3.63) is 66.2 Å². The van der Waals surface area contributed by atoms with Crippen LogP contribution in [0.4, 0.5) is 5.82 Å². The van der Waals surface area contributed by atoms with Gasteiger partial charge in [-0.05, 0) is 36.5 Å². The van der Waals surface area contributed by atoms with Gasteiger partial charge in [-0.25, -0.2) is 14.6 Å². The number of carbonyl (C=O) groups excluding carboxylic acids is 1. The summed E-state index contributed by atoms with van der Waals surface area (Å²) in [6.45, 7) is 3.14. The van der Waals surface area contributed by atoms with Crippen LogP contribution in [0.15, 0.2) is 55.1 Å². The highest BCUT2D eigenvalue weighted by molar-refractivity contribution is 5.80. The molecule has 0 aliphatic carbocycles. The highest BCUT2D eigenvalue weighted by Gasteiger charge is 2.31. The number of nitrogens with zero attached hydrogens (tertiary/aromatic N) is 6. The van der Waals surface area contributed by atoms with E-state index in [1.165, 1.54) is 11.1 Å². The van der Waals surface area contributed by atoms with Crippen LogP contribution in [0.2, 0.25) is 0 Å². The lowest BCUT2D eigenvalue weighted by atomic mass is 9.94. The number of hydrogen-bond donors (Lipinski definition) is 0. The molecule has 2 aliphatic rings. The number of aromatic nitrogens is 4. The maximum Gasteiger partial charge on any atom is 0.227 e.